The summed E-state index contributed by atoms with van der Waals surface area (Å²) in [4.78, 5) is 75.8. The SMILES string of the molecule is Cn1c(N)c(C(=O)CN2C(=O)C(=O)N(CCc3cccs3)C2=O)c(=O)n(C)c1=O. The van der Waals surface area contributed by atoms with E-state index in [0.717, 1.165) is 14.3 Å². The molecular formula is C17H17N5O6S. The summed E-state index contributed by atoms with van der Waals surface area (Å²) in [7, 11) is 2.44. The van der Waals surface area contributed by atoms with E-state index in [9.17, 15) is 28.8 Å². The summed E-state index contributed by atoms with van der Waals surface area (Å²) in [6.45, 7) is -0.852. The van der Waals surface area contributed by atoms with Gasteiger partial charge in [-0.3, -0.25) is 33.2 Å². The smallest absolute Gasteiger partial charge is 0.334 e. The van der Waals surface area contributed by atoms with E-state index in [4.69, 9.17) is 5.73 Å². The molecule has 0 aliphatic carbocycles. The number of aromatic nitrogens is 2. The number of nitrogen functional groups attached to an aromatic ring is 1. The Morgan fingerprint density at radius 2 is 1.69 bits per heavy atom. The maximum absolute atomic E-state index is 12.6. The lowest BCUT2D eigenvalue weighted by Crippen LogP contribution is -2.44. The third-order valence-corrected chi connectivity index (χ3v) is 5.52. The van der Waals surface area contributed by atoms with Crippen molar-refractivity contribution >= 4 is 40.8 Å². The Balaban J connectivity index is 1.83. The second kappa shape index (κ2) is 7.47. The Hall–Kier alpha value is -3.54. The van der Waals surface area contributed by atoms with E-state index in [1.54, 1.807) is 0 Å². The highest BCUT2D eigenvalue weighted by atomic mass is 32.1. The molecule has 152 valence electrons. The van der Waals surface area contributed by atoms with Crippen LogP contribution >= 0.6 is 11.3 Å². The number of anilines is 1. The summed E-state index contributed by atoms with van der Waals surface area (Å²) < 4.78 is 1.59. The van der Waals surface area contributed by atoms with Crippen molar-refractivity contribution in [2.24, 2.45) is 14.1 Å². The second-order valence-electron chi connectivity index (χ2n) is 6.35. The molecule has 0 atom stereocenters. The molecule has 1 aliphatic heterocycles. The van der Waals surface area contributed by atoms with Crippen LogP contribution < -0.4 is 17.0 Å². The number of hydrogen-bond acceptors (Lipinski definition) is 8. The summed E-state index contributed by atoms with van der Waals surface area (Å²) in [6, 6.07) is 2.71. The van der Waals surface area contributed by atoms with Gasteiger partial charge in [0.2, 0.25) is 0 Å². The summed E-state index contributed by atoms with van der Waals surface area (Å²) in [5.41, 5.74) is 3.51. The predicted octanol–water partition coefficient (Wildman–Crippen LogP) is -1.06. The fraction of sp³-hybridized carbons (Fsp3) is 0.294. The molecule has 29 heavy (non-hydrogen) atoms. The number of thiophene rings is 1. The van der Waals surface area contributed by atoms with Gasteiger partial charge in [-0.2, -0.15) is 0 Å². The molecule has 2 N–H and O–H groups in total. The van der Waals surface area contributed by atoms with Crippen LogP contribution in [-0.2, 0) is 30.1 Å². The van der Waals surface area contributed by atoms with Crippen molar-refractivity contribution in [3.8, 4) is 0 Å². The molecule has 3 rings (SSSR count). The number of nitrogens with two attached hydrogens (primary N) is 1. The summed E-state index contributed by atoms with van der Waals surface area (Å²) in [6.07, 6.45) is 0.374. The Bertz CT molecular complexity index is 1150. The van der Waals surface area contributed by atoms with Gasteiger partial charge in [0.15, 0.2) is 5.78 Å². The van der Waals surface area contributed by atoms with E-state index in [1.807, 2.05) is 17.5 Å². The lowest BCUT2D eigenvalue weighted by Gasteiger charge is -2.16. The minimum absolute atomic E-state index is 0.0155. The normalized spacial score (nSPS) is 14.2. The molecule has 1 aliphatic rings. The molecule has 0 bridgehead atoms. The Kier molecular flexibility index (Phi) is 5.20. The van der Waals surface area contributed by atoms with Gasteiger partial charge in [-0.1, -0.05) is 6.07 Å². The van der Waals surface area contributed by atoms with Crippen LogP contribution in [0.15, 0.2) is 27.1 Å². The third kappa shape index (κ3) is 3.38. The number of amides is 4. The molecule has 0 radical (unpaired) electrons. The van der Waals surface area contributed by atoms with Crippen molar-refractivity contribution < 1.29 is 19.2 Å². The topological polar surface area (TPSA) is 145 Å². The lowest BCUT2D eigenvalue weighted by atomic mass is 10.2. The lowest BCUT2D eigenvalue weighted by molar-refractivity contribution is -0.143. The highest BCUT2D eigenvalue weighted by Crippen LogP contribution is 2.16. The molecule has 4 amide bonds. The zero-order valence-electron chi connectivity index (χ0n) is 15.6. The Labute approximate surface area is 167 Å². The van der Waals surface area contributed by atoms with Crippen LogP contribution in [0.4, 0.5) is 10.6 Å². The minimum atomic E-state index is -1.16. The van der Waals surface area contributed by atoms with Crippen LogP contribution in [0.3, 0.4) is 0 Å². The monoisotopic (exact) mass is 419 g/mol. The van der Waals surface area contributed by atoms with Crippen molar-refractivity contribution in [1.29, 1.82) is 0 Å². The van der Waals surface area contributed by atoms with Gasteiger partial charge < -0.3 is 5.73 Å². The average Bonchev–Trinajstić information content (AvgIpc) is 3.27. The van der Waals surface area contributed by atoms with Crippen LogP contribution in [0.2, 0.25) is 0 Å². The molecular weight excluding hydrogens is 402 g/mol. The van der Waals surface area contributed by atoms with Gasteiger partial charge >= 0.3 is 23.5 Å². The van der Waals surface area contributed by atoms with E-state index in [2.05, 4.69) is 0 Å². The van der Waals surface area contributed by atoms with Gasteiger partial charge in [-0.25, -0.2) is 14.5 Å². The first-order chi connectivity index (χ1) is 13.6. The van der Waals surface area contributed by atoms with Crippen LogP contribution in [-0.4, -0.2) is 55.7 Å². The molecule has 3 heterocycles. The highest BCUT2D eigenvalue weighted by Gasteiger charge is 2.45. The Morgan fingerprint density at radius 3 is 2.31 bits per heavy atom. The molecule has 0 aromatic carbocycles. The molecule has 12 heteroatoms. The van der Waals surface area contributed by atoms with Crippen molar-refractivity contribution in [2.75, 3.05) is 18.8 Å². The van der Waals surface area contributed by atoms with Gasteiger partial charge in [0.05, 0.1) is 6.54 Å². The molecule has 2 aromatic heterocycles. The van der Waals surface area contributed by atoms with Crippen molar-refractivity contribution in [2.45, 2.75) is 6.42 Å². The highest BCUT2D eigenvalue weighted by molar-refractivity contribution is 7.09. The number of Topliss-reactive ketones (excluding diaryl/α,β-unsaturated/α-hetero) is 1. The molecule has 0 unspecified atom stereocenters. The maximum atomic E-state index is 12.6. The van der Waals surface area contributed by atoms with E-state index in [-0.39, 0.29) is 12.4 Å². The number of carbonyl (C=O) groups excluding carboxylic acids is 4. The number of ketones is 1. The number of hydrogen-bond donors (Lipinski definition) is 1. The molecule has 11 nitrogen and oxygen atoms in total. The molecule has 0 spiro atoms. The van der Waals surface area contributed by atoms with Crippen molar-refractivity contribution in [3.63, 3.8) is 0 Å². The van der Waals surface area contributed by atoms with Crippen LogP contribution in [0, 0.1) is 0 Å². The van der Waals surface area contributed by atoms with Gasteiger partial charge in [-0.15, -0.1) is 11.3 Å². The standard InChI is InChI=1S/C17H17N5O6S/c1-19-12(18)11(13(24)20(2)16(19)27)10(23)8-22-15(26)14(25)21(17(22)28)6-5-9-4-3-7-29-9/h3-4,7H,5-6,8,18H2,1-2H3. The Morgan fingerprint density at radius 1 is 1.03 bits per heavy atom. The molecule has 0 saturated carbocycles. The number of carbonyl (C=O) groups is 4. The zero-order chi connectivity index (χ0) is 21.5. The first-order valence-electron chi connectivity index (χ1n) is 8.43. The van der Waals surface area contributed by atoms with E-state index < -0.39 is 47.0 Å². The maximum Gasteiger partial charge on any atom is 0.334 e. The number of rotatable bonds is 6. The third-order valence-electron chi connectivity index (χ3n) is 4.59. The number of nitrogens with zero attached hydrogens (tertiary/aromatic N) is 4. The minimum Gasteiger partial charge on any atom is -0.384 e. The van der Waals surface area contributed by atoms with Gasteiger partial charge in [0.25, 0.3) is 5.56 Å². The van der Waals surface area contributed by atoms with Crippen molar-refractivity contribution in [3.05, 3.63) is 48.8 Å². The fourth-order valence-electron chi connectivity index (χ4n) is 2.91. The van der Waals surface area contributed by atoms with Crippen LogP contribution in [0.5, 0.6) is 0 Å². The molecule has 1 fully saturated rings. The average molecular weight is 419 g/mol. The van der Waals surface area contributed by atoms with Crippen LogP contribution in [0.1, 0.15) is 15.2 Å². The molecule has 1 saturated heterocycles. The zero-order valence-corrected chi connectivity index (χ0v) is 16.4. The molecule has 2 aromatic rings. The fourth-order valence-corrected chi connectivity index (χ4v) is 3.61. The first kappa shape index (κ1) is 20.2. The van der Waals surface area contributed by atoms with Crippen LogP contribution in [0.25, 0.3) is 0 Å². The predicted molar refractivity (Wildman–Crippen MR) is 103 cm³/mol. The summed E-state index contributed by atoms with van der Waals surface area (Å²) in [5.74, 6) is -3.54. The summed E-state index contributed by atoms with van der Waals surface area (Å²) in [5, 5.41) is 1.84. The van der Waals surface area contributed by atoms with E-state index in [1.165, 1.54) is 25.4 Å². The van der Waals surface area contributed by atoms with Crippen molar-refractivity contribution in [1.82, 2.24) is 18.9 Å². The number of urea groups is 1. The van der Waals surface area contributed by atoms with E-state index in [0.29, 0.717) is 15.9 Å². The second-order valence-corrected chi connectivity index (χ2v) is 7.38. The van der Waals surface area contributed by atoms with Gasteiger partial charge in [-0.05, 0) is 11.4 Å². The van der Waals surface area contributed by atoms with E-state index >= 15 is 0 Å². The summed E-state index contributed by atoms with van der Waals surface area (Å²) >= 11 is 1.44. The van der Waals surface area contributed by atoms with Gasteiger partial charge in [0, 0.05) is 31.9 Å². The van der Waals surface area contributed by atoms with Gasteiger partial charge in [0.1, 0.15) is 11.4 Å². The quantitative estimate of drug-likeness (QED) is 0.357. The first-order valence-corrected chi connectivity index (χ1v) is 9.31. The largest absolute Gasteiger partial charge is 0.384 e. The number of imide groups is 2.